The van der Waals surface area contributed by atoms with E-state index >= 15 is 0 Å². The minimum absolute atomic E-state index is 0.0358. The molecule has 2 saturated heterocycles. The van der Waals surface area contributed by atoms with Gasteiger partial charge in [-0.1, -0.05) is 0 Å². The molecule has 0 unspecified atom stereocenters. The molecular weight excluding hydrogens is 303 g/mol. The average Bonchev–Trinajstić information content (AvgIpc) is 2.78. The summed E-state index contributed by atoms with van der Waals surface area (Å²) in [5, 5.41) is 0. The van der Waals surface area contributed by atoms with Crippen molar-refractivity contribution in [3.05, 3.63) is 24.0 Å². The second-order valence-corrected chi connectivity index (χ2v) is 5.23. The van der Waals surface area contributed by atoms with Crippen LogP contribution in [0.25, 0.3) is 0 Å². The molecule has 118 valence electrons. The number of anilines is 2. The summed E-state index contributed by atoms with van der Waals surface area (Å²) in [6.07, 6.45) is -1.91. The second-order valence-electron chi connectivity index (χ2n) is 5.23. The lowest BCUT2D eigenvalue weighted by Crippen LogP contribution is -2.56. The van der Waals surface area contributed by atoms with Gasteiger partial charge in [0.25, 0.3) is 11.8 Å². The fraction of sp³-hybridized carbons (Fsp3) is 0.385. The Hall–Kier alpha value is -2.45. The average molecular weight is 315 g/mol. The lowest BCUT2D eigenvalue weighted by Gasteiger charge is -2.40. The molecule has 2 heterocycles. The van der Waals surface area contributed by atoms with Gasteiger partial charge in [-0.25, -0.2) is 18.0 Å². The molecule has 22 heavy (non-hydrogen) atoms. The van der Waals surface area contributed by atoms with E-state index in [1.165, 1.54) is 17.0 Å². The zero-order chi connectivity index (χ0) is 16.1. The smallest absolute Gasteiger partial charge is 0.415 e. The van der Waals surface area contributed by atoms with Gasteiger partial charge in [-0.2, -0.15) is 0 Å². The number of halogens is 3. The first-order valence-electron chi connectivity index (χ1n) is 6.47. The zero-order valence-electron chi connectivity index (χ0n) is 11.3. The molecule has 0 bridgehead atoms. The molecule has 2 aliphatic rings. The van der Waals surface area contributed by atoms with E-state index in [4.69, 9.17) is 10.5 Å². The number of hydrogen-bond acceptors (Lipinski definition) is 4. The number of primary amides is 1. The first kappa shape index (κ1) is 14.5. The van der Waals surface area contributed by atoms with Crippen LogP contribution in [0.15, 0.2) is 18.2 Å². The van der Waals surface area contributed by atoms with Crippen LogP contribution in [0.1, 0.15) is 0 Å². The summed E-state index contributed by atoms with van der Waals surface area (Å²) in [6, 6.07) is 3.75. The standard InChI is InChI=1S/C13H12F3N3O3/c14-8-3-7(19-4-10(11(17)20)22-12(19)21)1-2-9(8)18-5-13(15,16)6-18/h1-3,10H,4-6H2,(H2,17,20)/t10-/m1/s1. The van der Waals surface area contributed by atoms with Crippen LogP contribution < -0.4 is 15.5 Å². The van der Waals surface area contributed by atoms with Gasteiger partial charge in [0, 0.05) is 0 Å². The number of cyclic esters (lactones) is 1. The normalized spacial score (nSPS) is 23.2. The summed E-state index contributed by atoms with van der Waals surface area (Å²) in [5.74, 6) is -4.34. The van der Waals surface area contributed by atoms with E-state index in [-0.39, 0.29) is 17.9 Å². The van der Waals surface area contributed by atoms with Crippen LogP contribution in [0.5, 0.6) is 0 Å². The van der Waals surface area contributed by atoms with E-state index in [9.17, 15) is 22.8 Å². The third-order valence-corrected chi connectivity index (χ3v) is 3.56. The minimum Gasteiger partial charge on any atom is -0.434 e. The first-order valence-corrected chi connectivity index (χ1v) is 6.47. The predicted molar refractivity (Wildman–Crippen MR) is 70.4 cm³/mol. The molecule has 3 rings (SSSR count). The van der Waals surface area contributed by atoms with E-state index in [0.29, 0.717) is 0 Å². The summed E-state index contributed by atoms with van der Waals surface area (Å²) >= 11 is 0. The summed E-state index contributed by atoms with van der Waals surface area (Å²) < 4.78 is 44.4. The Balaban J connectivity index is 1.78. The van der Waals surface area contributed by atoms with Gasteiger partial charge in [0.05, 0.1) is 31.0 Å². The second kappa shape index (κ2) is 4.79. The zero-order valence-corrected chi connectivity index (χ0v) is 11.3. The van der Waals surface area contributed by atoms with Gasteiger partial charge in [-0.3, -0.25) is 9.69 Å². The predicted octanol–water partition coefficient (Wildman–Crippen LogP) is 1.09. The van der Waals surface area contributed by atoms with Crippen LogP contribution in [0.4, 0.5) is 29.3 Å². The molecule has 6 nitrogen and oxygen atoms in total. The van der Waals surface area contributed by atoms with Crippen LogP contribution in [-0.4, -0.2) is 43.7 Å². The van der Waals surface area contributed by atoms with E-state index in [2.05, 4.69) is 0 Å². The summed E-state index contributed by atoms with van der Waals surface area (Å²) in [6.45, 7) is -1.20. The molecular formula is C13H12F3N3O3. The van der Waals surface area contributed by atoms with Crippen molar-refractivity contribution < 1.29 is 27.5 Å². The monoisotopic (exact) mass is 315 g/mol. The molecule has 1 atom stereocenters. The van der Waals surface area contributed by atoms with Crippen molar-refractivity contribution in [3.8, 4) is 0 Å². The Labute approximate surface area is 123 Å². The maximum Gasteiger partial charge on any atom is 0.415 e. The Morgan fingerprint density at radius 2 is 2.05 bits per heavy atom. The van der Waals surface area contributed by atoms with Crippen LogP contribution in [0.2, 0.25) is 0 Å². The number of ether oxygens (including phenoxy) is 1. The number of nitrogens with two attached hydrogens (primary N) is 1. The topological polar surface area (TPSA) is 75.9 Å². The van der Waals surface area contributed by atoms with Crippen molar-refractivity contribution in [2.24, 2.45) is 5.73 Å². The number of amides is 2. The molecule has 0 aliphatic carbocycles. The van der Waals surface area contributed by atoms with Gasteiger partial charge in [0.15, 0.2) is 6.10 Å². The fourth-order valence-electron chi connectivity index (χ4n) is 2.42. The van der Waals surface area contributed by atoms with Crippen LogP contribution in [0.3, 0.4) is 0 Å². The number of benzene rings is 1. The van der Waals surface area contributed by atoms with E-state index in [1.54, 1.807) is 0 Å². The van der Waals surface area contributed by atoms with E-state index < -0.39 is 42.9 Å². The molecule has 2 fully saturated rings. The van der Waals surface area contributed by atoms with Gasteiger partial charge >= 0.3 is 6.09 Å². The molecule has 0 spiro atoms. The number of carbonyl (C=O) groups excluding carboxylic acids is 2. The third kappa shape index (κ3) is 2.42. The molecule has 0 aromatic heterocycles. The number of hydrogen-bond donors (Lipinski definition) is 1. The van der Waals surface area contributed by atoms with E-state index in [1.807, 2.05) is 0 Å². The minimum atomic E-state index is -2.81. The Morgan fingerprint density at radius 3 is 2.55 bits per heavy atom. The molecule has 9 heteroatoms. The van der Waals surface area contributed by atoms with E-state index in [0.717, 1.165) is 11.0 Å². The highest BCUT2D eigenvalue weighted by atomic mass is 19.3. The molecule has 2 amide bonds. The maximum atomic E-state index is 14.1. The van der Waals surface area contributed by atoms with Gasteiger partial charge in [-0.15, -0.1) is 0 Å². The van der Waals surface area contributed by atoms with Crippen LogP contribution in [0, 0.1) is 5.82 Å². The Morgan fingerprint density at radius 1 is 1.36 bits per heavy atom. The van der Waals surface area contributed by atoms with Crippen molar-refractivity contribution in [2.45, 2.75) is 12.0 Å². The number of carbonyl (C=O) groups is 2. The Bertz CT molecular complexity index is 645. The number of nitrogens with zero attached hydrogens (tertiary/aromatic N) is 2. The molecule has 2 aliphatic heterocycles. The number of rotatable bonds is 3. The molecule has 0 radical (unpaired) electrons. The highest BCUT2D eigenvalue weighted by molar-refractivity contribution is 5.95. The summed E-state index contributed by atoms with van der Waals surface area (Å²) in [7, 11) is 0. The van der Waals surface area contributed by atoms with Gasteiger partial charge in [0.1, 0.15) is 5.82 Å². The quantitative estimate of drug-likeness (QED) is 0.906. The van der Waals surface area contributed by atoms with Crippen molar-refractivity contribution in [1.29, 1.82) is 0 Å². The van der Waals surface area contributed by atoms with Crippen molar-refractivity contribution in [3.63, 3.8) is 0 Å². The highest BCUT2D eigenvalue weighted by Gasteiger charge is 2.45. The van der Waals surface area contributed by atoms with Gasteiger partial charge in [0.2, 0.25) is 0 Å². The van der Waals surface area contributed by atoms with Crippen molar-refractivity contribution in [2.75, 3.05) is 29.4 Å². The van der Waals surface area contributed by atoms with Gasteiger partial charge in [-0.05, 0) is 18.2 Å². The molecule has 1 aromatic rings. The molecule has 2 N–H and O–H groups in total. The van der Waals surface area contributed by atoms with Crippen molar-refractivity contribution in [1.82, 2.24) is 0 Å². The molecule has 1 aromatic carbocycles. The summed E-state index contributed by atoms with van der Waals surface area (Å²) in [4.78, 5) is 24.9. The lowest BCUT2D eigenvalue weighted by molar-refractivity contribution is -0.124. The summed E-state index contributed by atoms with van der Waals surface area (Å²) in [5.41, 5.74) is 5.26. The largest absolute Gasteiger partial charge is 0.434 e. The first-order chi connectivity index (χ1) is 10.3. The Kier molecular flexibility index (Phi) is 3.15. The highest BCUT2D eigenvalue weighted by Crippen LogP contribution is 2.35. The fourth-order valence-corrected chi connectivity index (χ4v) is 2.42. The van der Waals surface area contributed by atoms with Crippen LogP contribution in [-0.2, 0) is 9.53 Å². The van der Waals surface area contributed by atoms with Crippen molar-refractivity contribution >= 4 is 23.4 Å². The maximum absolute atomic E-state index is 14.1. The lowest BCUT2D eigenvalue weighted by atomic mass is 10.1. The van der Waals surface area contributed by atoms with Gasteiger partial charge < -0.3 is 15.4 Å². The third-order valence-electron chi connectivity index (χ3n) is 3.56. The molecule has 0 saturated carbocycles. The number of alkyl halides is 2. The van der Waals surface area contributed by atoms with Crippen LogP contribution >= 0.6 is 0 Å². The SMILES string of the molecule is NC(=O)[C@H]1CN(c2ccc(N3CC(F)(F)C3)c(F)c2)C(=O)O1.